The molecule has 5 heteroatoms. The summed E-state index contributed by atoms with van der Waals surface area (Å²) in [6.45, 7) is 7.11. The SMILES string of the molecule is C[C@H]1CN(Cc2csc(Nc3ccccc3)n2)C[C@H](C)O1. The predicted molar refractivity (Wildman–Crippen MR) is 87.1 cm³/mol. The first-order valence-corrected chi connectivity index (χ1v) is 8.21. The zero-order valence-electron chi connectivity index (χ0n) is 12.5. The Morgan fingerprint density at radius 1 is 1.24 bits per heavy atom. The number of nitrogens with one attached hydrogen (secondary N) is 1. The summed E-state index contributed by atoms with van der Waals surface area (Å²) < 4.78 is 5.77. The second-order valence-corrected chi connectivity index (χ2v) is 6.44. The lowest BCUT2D eigenvalue weighted by Gasteiger charge is -2.34. The summed E-state index contributed by atoms with van der Waals surface area (Å²) in [6, 6.07) is 10.2. The van der Waals surface area contributed by atoms with Crippen LogP contribution in [0.25, 0.3) is 0 Å². The summed E-state index contributed by atoms with van der Waals surface area (Å²) >= 11 is 1.65. The average molecular weight is 303 g/mol. The van der Waals surface area contributed by atoms with Crippen LogP contribution in [0, 0.1) is 0 Å². The van der Waals surface area contributed by atoms with Crippen molar-refractivity contribution in [2.24, 2.45) is 0 Å². The number of hydrogen-bond donors (Lipinski definition) is 1. The molecule has 1 fully saturated rings. The topological polar surface area (TPSA) is 37.4 Å². The second kappa shape index (κ2) is 6.56. The number of benzene rings is 1. The highest BCUT2D eigenvalue weighted by Gasteiger charge is 2.22. The van der Waals surface area contributed by atoms with E-state index in [0.29, 0.717) is 12.2 Å². The Morgan fingerprint density at radius 2 is 1.95 bits per heavy atom. The van der Waals surface area contributed by atoms with Crippen molar-refractivity contribution in [3.8, 4) is 0 Å². The number of aromatic nitrogens is 1. The summed E-state index contributed by atoms with van der Waals surface area (Å²) in [5.74, 6) is 0. The number of para-hydroxylation sites is 1. The van der Waals surface area contributed by atoms with Gasteiger partial charge in [-0.1, -0.05) is 18.2 Å². The molecule has 1 aliphatic heterocycles. The highest BCUT2D eigenvalue weighted by Crippen LogP contribution is 2.22. The summed E-state index contributed by atoms with van der Waals surface area (Å²) in [5, 5.41) is 6.43. The molecule has 112 valence electrons. The molecule has 21 heavy (non-hydrogen) atoms. The Balaban J connectivity index is 1.60. The third-order valence-corrected chi connectivity index (χ3v) is 4.26. The van der Waals surface area contributed by atoms with E-state index in [0.717, 1.165) is 36.1 Å². The first kappa shape index (κ1) is 14.5. The molecular weight excluding hydrogens is 282 g/mol. The second-order valence-electron chi connectivity index (χ2n) is 5.59. The number of ether oxygens (including phenoxy) is 1. The van der Waals surface area contributed by atoms with Crippen molar-refractivity contribution in [2.75, 3.05) is 18.4 Å². The van der Waals surface area contributed by atoms with Crippen LogP contribution < -0.4 is 5.32 Å². The van der Waals surface area contributed by atoms with Crippen molar-refractivity contribution < 1.29 is 4.74 Å². The number of thiazole rings is 1. The number of hydrogen-bond acceptors (Lipinski definition) is 5. The minimum absolute atomic E-state index is 0.300. The summed E-state index contributed by atoms with van der Waals surface area (Å²) in [4.78, 5) is 7.09. The molecule has 2 atom stereocenters. The molecule has 2 heterocycles. The van der Waals surface area contributed by atoms with Gasteiger partial charge in [0.15, 0.2) is 5.13 Å². The van der Waals surface area contributed by atoms with Gasteiger partial charge in [0.1, 0.15) is 0 Å². The van der Waals surface area contributed by atoms with Crippen LogP contribution in [-0.2, 0) is 11.3 Å². The largest absolute Gasteiger partial charge is 0.373 e. The Bertz CT molecular complexity index is 562. The Labute approximate surface area is 129 Å². The third-order valence-electron chi connectivity index (χ3n) is 3.46. The maximum Gasteiger partial charge on any atom is 0.187 e. The standard InChI is InChI=1S/C16H21N3OS/c1-12-8-19(9-13(2)20-12)10-15-11-21-16(18-15)17-14-6-4-3-5-7-14/h3-7,11-13H,8-10H2,1-2H3,(H,17,18)/t12-,13-/m0/s1. The maximum atomic E-state index is 5.77. The van der Waals surface area contributed by atoms with Crippen LogP contribution in [0.2, 0.25) is 0 Å². The molecule has 0 aliphatic carbocycles. The van der Waals surface area contributed by atoms with Crippen molar-refractivity contribution in [2.45, 2.75) is 32.6 Å². The van der Waals surface area contributed by atoms with Gasteiger partial charge < -0.3 is 10.1 Å². The van der Waals surface area contributed by atoms with E-state index in [1.807, 2.05) is 30.3 Å². The zero-order chi connectivity index (χ0) is 14.7. The Morgan fingerprint density at radius 3 is 2.67 bits per heavy atom. The number of morpholine rings is 1. The van der Waals surface area contributed by atoms with Crippen LogP contribution in [-0.4, -0.2) is 35.2 Å². The number of anilines is 2. The summed E-state index contributed by atoms with van der Waals surface area (Å²) in [7, 11) is 0. The molecule has 1 saturated heterocycles. The third kappa shape index (κ3) is 4.03. The first-order chi connectivity index (χ1) is 10.2. The lowest BCUT2D eigenvalue weighted by molar-refractivity contribution is -0.0707. The van der Waals surface area contributed by atoms with Gasteiger partial charge in [-0.05, 0) is 26.0 Å². The highest BCUT2D eigenvalue weighted by molar-refractivity contribution is 7.13. The van der Waals surface area contributed by atoms with Gasteiger partial charge in [-0.25, -0.2) is 4.98 Å². The molecule has 2 aromatic rings. The smallest absolute Gasteiger partial charge is 0.187 e. The molecule has 3 rings (SSSR count). The quantitative estimate of drug-likeness (QED) is 0.938. The van der Waals surface area contributed by atoms with Gasteiger partial charge in [-0.15, -0.1) is 11.3 Å². The normalized spacial score (nSPS) is 23.1. The van der Waals surface area contributed by atoms with E-state index in [9.17, 15) is 0 Å². The van der Waals surface area contributed by atoms with Crippen LogP contribution in [0.5, 0.6) is 0 Å². The van der Waals surface area contributed by atoms with Crippen molar-refractivity contribution in [1.82, 2.24) is 9.88 Å². The van der Waals surface area contributed by atoms with Crippen LogP contribution in [0.15, 0.2) is 35.7 Å². The van der Waals surface area contributed by atoms with E-state index >= 15 is 0 Å². The molecular formula is C16H21N3OS. The van der Waals surface area contributed by atoms with Crippen LogP contribution >= 0.6 is 11.3 Å². The van der Waals surface area contributed by atoms with Gasteiger partial charge >= 0.3 is 0 Å². The number of rotatable bonds is 4. The molecule has 0 saturated carbocycles. The van der Waals surface area contributed by atoms with Gasteiger partial charge in [0.2, 0.25) is 0 Å². The van der Waals surface area contributed by atoms with Crippen LogP contribution in [0.1, 0.15) is 19.5 Å². The molecule has 1 N–H and O–H groups in total. The summed E-state index contributed by atoms with van der Waals surface area (Å²) in [6.07, 6.45) is 0.601. The van der Waals surface area contributed by atoms with Crippen molar-refractivity contribution >= 4 is 22.2 Å². The minimum atomic E-state index is 0.300. The van der Waals surface area contributed by atoms with Gasteiger partial charge in [-0.2, -0.15) is 0 Å². The predicted octanol–water partition coefficient (Wildman–Crippen LogP) is 3.50. The molecule has 4 nitrogen and oxygen atoms in total. The molecule has 0 bridgehead atoms. The Kier molecular flexibility index (Phi) is 4.53. The van der Waals surface area contributed by atoms with Gasteiger partial charge in [0, 0.05) is 30.7 Å². The molecule has 0 amide bonds. The fourth-order valence-electron chi connectivity index (χ4n) is 2.72. The van der Waals surface area contributed by atoms with E-state index in [1.54, 1.807) is 11.3 Å². The molecule has 1 aliphatic rings. The highest BCUT2D eigenvalue weighted by atomic mass is 32.1. The van der Waals surface area contributed by atoms with Crippen molar-refractivity contribution in [1.29, 1.82) is 0 Å². The minimum Gasteiger partial charge on any atom is -0.373 e. The molecule has 0 unspecified atom stereocenters. The van der Waals surface area contributed by atoms with E-state index in [2.05, 4.69) is 34.4 Å². The van der Waals surface area contributed by atoms with E-state index in [-0.39, 0.29) is 0 Å². The van der Waals surface area contributed by atoms with Gasteiger partial charge in [0.25, 0.3) is 0 Å². The number of nitrogens with zero attached hydrogens (tertiary/aromatic N) is 2. The zero-order valence-corrected chi connectivity index (χ0v) is 13.3. The molecule has 0 spiro atoms. The first-order valence-electron chi connectivity index (χ1n) is 7.33. The fourth-order valence-corrected chi connectivity index (χ4v) is 3.45. The lowest BCUT2D eigenvalue weighted by Crippen LogP contribution is -2.44. The van der Waals surface area contributed by atoms with Crippen molar-refractivity contribution in [3.63, 3.8) is 0 Å². The molecule has 1 aromatic heterocycles. The van der Waals surface area contributed by atoms with Crippen LogP contribution in [0.3, 0.4) is 0 Å². The van der Waals surface area contributed by atoms with Crippen LogP contribution in [0.4, 0.5) is 10.8 Å². The maximum absolute atomic E-state index is 5.77. The summed E-state index contributed by atoms with van der Waals surface area (Å²) in [5.41, 5.74) is 2.20. The lowest BCUT2D eigenvalue weighted by atomic mass is 10.2. The van der Waals surface area contributed by atoms with E-state index in [4.69, 9.17) is 4.74 Å². The Hall–Kier alpha value is -1.43. The average Bonchev–Trinajstić information content (AvgIpc) is 2.86. The molecule has 0 radical (unpaired) electrons. The van der Waals surface area contributed by atoms with E-state index in [1.165, 1.54) is 0 Å². The van der Waals surface area contributed by atoms with Crippen molar-refractivity contribution in [3.05, 3.63) is 41.4 Å². The molecule has 1 aromatic carbocycles. The fraction of sp³-hybridized carbons (Fsp3) is 0.438. The van der Waals surface area contributed by atoms with Gasteiger partial charge in [0.05, 0.1) is 17.9 Å². The van der Waals surface area contributed by atoms with E-state index < -0.39 is 0 Å². The monoisotopic (exact) mass is 303 g/mol. The van der Waals surface area contributed by atoms with Gasteiger partial charge in [-0.3, -0.25) is 4.90 Å².